The topological polar surface area (TPSA) is 41.6 Å². The van der Waals surface area contributed by atoms with Gasteiger partial charge in [0.2, 0.25) is 5.91 Å². The van der Waals surface area contributed by atoms with Crippen LogP contribution in [-0.2, 0) is 4.79 Å². The smallest absolute Gasteiger partial charge is 0.233 e. The summed E-state index contributed by atoms with van der Waals surface area (Å²) in [4.78, 5) is 13.6. The molecular weight excluding hydrogens is 204 g/mol. The minimum Gasteiger partial charge on any atom is -0.491 e. The summed E-state index contributed by atoms with van der Waals surface area (Å²) >= 11 is 0. The Morgan fingerprint density at radius 2 is 2.25 bits per heavy atom. The third-order valence-electron chi connectivity index (χ3n) is 2.85. The maximum Gasteiger partial charge on any atom is 0.233 e. The van der Waals surface area contributed by atoms with Gasteiger partial charge in [0, 0.05) is 19.8 Å². The van der Waals surface area contributed by atoms with E-state index in [1.165, 1.54) is 0 Å². The third-order valence-corrected chi connectivity index (χ3v) is 2.85. The average Bonchev–Trinajstić information content (AvgIpc) is 2.42. The number of carbonyl (C=O) groups is 1. The molecule has 0 bridgehead atoms. The van der Waals surface area contributed by atoms with E-state index in [0.717, 1.165) is 17.1 Å². The molecule has 0 saturated heterocycles. The number of hydrogen-bond donors (Lipinski definition) is 1. The second-order valence-electron chi connectivity index (χ2n) is 4.04. The van der Waals surface area contributed by atoms with Gasteiger partial charge in [-0.1, -0.05) is 6.92 Å². The van der Waals surface area contributed by atoms with Crippen molar-refractivity contribution in [2.75, 3.05) is 30.9 Å². The molecule has 4 nitrogen and oxygen atoms in total. The second-order valence-corrected chi connectivity index (χ2v) is 4.04. The van der Waals surface area contributed by atoms with Gasteiger partial charge in [0.15, 0.2) is 0 Å². The molecule has 1 heterocycles. The Labute approximate surface area is 95.2 Å². The van der Waals surface area contributed by atoms with Gasteiger partial charge in [0.1, 0.15) is 5.75 Å². The van der Waals surface area contributed by atoms with Crippen LogP contribution in [0.3, 0.4) is 0 Å². The molecule has 1 atom stereocenters. The summed E-state index contributed by atoms with van der Waals surface area (Å²) in [5.74, 6) is 0.752. The predicted molar refractivity (Wildman–Crippen MR) is 64.1 cm³/mol. The lowest BCUT2D eigenvalue weighted by Crippen LogP contribution is -2.31. The summed E-state index contributed by atoms with van der Waals surface area (Å²) in [6, 6.07) is 5.75. The van der Waals surface area contributed by atoms with Crippen LogP contribution in [0.25, 0.3) is 0 Å². The number of hydrogen-bond acceptors (Lipinski definition) is 3. The first-order chi connectivity index (χ1) is 7.63. The first-order valence-electron chi connectivity index (χ1n) is 5.35. The highest BCUT2D eigenvalue weighted by Crippen LogP contribution is 2.33. The fourth-order valence-electron chi connectivity index (χ4n) is 1.79. The fraction of sp³-hybridized carbons (Fsp3) is 0.417. The number of nitrogens with one attached hydrogen (secondary N) is 1. The van der Waals surface area contributed by atoms with Crippen molar-refractivity contribution in [3.05, 3.63) is 18.2 Å². The zero-order chi connectivity index (χ0) is 11.7. The summed E-state index contributed by atoms with van der Waals surface area (Å²) in [5.41, 5.74) is 1.79. The van der Waals surface area contributed by atoms with Crippen LogP contribution in [0.4, 0.5) is 11.4 Å². The van der Waals surface area contributed by atoms with E-state index in [4.69, 9.17) is 4.74 Å². The number of amides is 1. The number of fused-ring (bicyclic) bond motifs is 1. The molecule has 0 fully saturated rings. The van der Waals surface area contributed by atoms with Crippen LogP contribution in [0, 0.1) is 5.92 Å². The van der Waals surface area contributed by atoms with Gasteiger partial charge in [-0.2, -0.15) is 0 Å². The molecule has 0 spiro atoms. The van der Waals surface area contributed by atoms with E-state index >= 15 is 0 Å². The number of anilines is 2. The highest BCUT2D eigenvalue weighted by atomic mass is 16.5. The summed E-state index contributed by atoms with van der Waals surface area (Å²) < 4.78 is 5.61. The Balaban J connectivity index is 2.45. The average molecular weight is 220 g/mol. The van der Waals surface area contributed by atoms with Crippen LogP contribution in [0.5, 0.6) is 5.75 Å². The Bertz CT molecular complexity index is 417. The van der Waals surface area contributed by atoms with Gasteiger partial charge in [-0.15, -0.1) is 0 Å². The van der Waals surface area contributed by atoms with Crippen LogP contribution in [-0.4, -0.2) is 26.6 Å². The molecule has 1 aromatic carbocycles. The van der Waals surface area contributed by atoms with Crippen LogP contribution < -0.4 is 15.0 Å². The van der Waals surface area contributed by atoms with Crippen molar-refractivity contribution in [2.24, 2.45) is 5.92 Å². The highest BCUT2D eigenvalue weighted by molar-refractivity contribution is 5.97. The summed E-state index contributed by atoms with van der Waals surface area (Å²) in [5, 5.41) is 3.05. The number of rotatable bonds is 1. The van der Waals surface area contributed by atoms with E-state index in [-0.39, 0.29) is 11.8 Å². The largest absolute Gasteiger partial charge is 0.491 e. The van der Waals surface area contributed by atoms with Crippen LogP contribution >= 0.6 is 0 Å². The van der Waals surface area contributed by atoms with Crippen molar-refractivity contribution < 1.29 is 9.53 Å². The van der Waals surface area contributed by atoms with Gasteiger partial charge in [-0.3, -0.25) is 4.79 Å². The summed E-state index contributed by atoms with van der Waals surface area (Å²) in [6.45, 7) is 2.32. The third kappa shape index (κ3) is 1.71. The predicted octanol–water partition coefficient (Wildman–Crippen LogP) is 1.72. The Morgan fingerprint density at radius 3 is 2.94 bits per heavy atom. The monoisotopic (exact) mass is 220 g/mol. The molecule has 0 unspecified atom stereocenters. The van der Waals surface area contributed by atoms with E-state index in [9.17, 15) is 4.79 Å². The van der Waals surface area contributed by atoms with Crippen LogP contribution in [0.1, 0.15) is 6.92 Å². The lowest BCUT2D eigenvalue weighted by atomic mass is 10.1. The lowest BCUT2D eigenvalue weighted by Gasteiger charge is -2.18. The van der Waals surface area contributed by atoms with Gasteiger partial charge < -0.3 is 15.0 Å². The van der Waals surface area contributed by atoms with E-state index in [0.29, 0.717) is 6.61 Å². The molecule has 2 rings (SSSR count). The van der Waals surface area contributed by atoms with Crippen molar-refractivity contribution in [2.45, 2.75) is 6.92 Å². The van der Waals surface area contributed by atoms with E-state index in [1.54, 1.807) is 11.9 Å². The van der Waals surface area contributed by atoms with E-state index in [1.807, 2.05) is 32.2 Å². The molecule has 0 aliphatic carbocycles. The van der Waals surface area contributed by atoms with Crippen molar-refractivity contribution >= 4 is 17.3 Å². The molecule has 1 aromatic rings. The first-order valence-corrected chi connectivity index (χ1v) is 5.35. The SMILES string of the molecule is CNc1ccc2c(c1)N(C)C(=O)[C@@H](C)CO2. The minimum atomic E-state index is -0.101. The normalized spacial score (nSPS) is 19.8. The van der Waals surface area contributed by atoms with Gasteiger partial charge in [-0.25, -0.2) is 0 Å². The zero-order valence-corrected chi connectivity index (χ0v) is 9.78. The standard InChI is InChI=1S/C12H16N2O2/c1-8-7-16-11-5-4-9(13-2)6-10(11)14(3)12(8)15/h4-6,8,13H,7H2,1-3H3/t8-/m0/s1. The molecule has 16 heavy (non-hydrogen) atoms. The summed E-state index contributed by atoms with van der Waals surface area (Å²) in [7, 11) is 3.63. The van der Waals surface area contributed by atoms with Crippen LogP contribution in [0.2, 0.25) is 0 Å². The highest BCUT2D eigenvalue weighted by Gasteiger charge is 2.25. The Morgan fingerprint density at radius 1 is 1.50 bits per heavy atom. The van der Waals surface area contributed by atoms with Crippen molar-refractivity contribution in [1.29, 1.82) is 0 Å². The fourth-order valence-corrected chi connectivity index (χ4v) is 1.79. The number of benzene rings is 1. The van der Waals surface area contributed by atoms with Crippen molar-refractivity contribution in [3.8, 4) is 5.75 Å². The molecular formula is C12H16N2O2. The van der Waals surface area contributed by atoms with E-state index < -0.39 is 0 Å². The molecule has 0 aromatic heterocycles. The molecule has 0 saturated carbocycles. The molecule has 0 radical (unpaired) electrons. The number of ether oxygens (including phenoxy) is 1. The molecule has 86 valence electrons. The maximum atomic E-state index is 11.9. The molecule has 1 N–H and O–H groups in total. The zero-order valence-electron chi connectivity index (χ0n) is 9.78. The van der Waals surface area contributed by atoms with Crippen molar-refractivity contribution in [3.63, 3.8) is 0 Å². The van der Waals surface area contributed by atoms with Gasteiger partial charge in [-0.05, 0) is 18.2 Å². The van der Waals surface area contributed by atoms with Crippen LogP contribution in [0.15, 0.2) is 18.2 Å². The summed E-state index contributed by atoms with van der Waals surface area (Å²) in [6.07, 6.45) is 0. The van der Waals surface area contributed by atoms with Crippen molar-refractivity contribution in [1.82, 2.24) is 0 Å². The molecule has 1 aliphatic heterocycles. The molecule has 1 aliphatic rings. The van der Waals surface area contributed by atoms with Gasteiger partial charge >= 0.3 is 0 Å². The second kappa shape index (κ2) is 4.04. The first kappa shape index (κ1) is 10.8. The van der Waals surface area contributed by atoms with Gasteiger partial charge in [0.05, 0.1) is 18.2 Å². The molecule has 4 heteroatoms. The van der Waals surface area contributed by atoms with Gasteiger partial charge in [0.25, 0.3) is 0 Å². The number of carbonyl (C=O) groups excluding carboxylic acids is 1. The maximum absolute atomic E-state index is 11.9. The number of nitrogens with zero attached hydrogens (tertiary/aromatic N) is 1. The Hall–Kier alpha value is -1.71. The minimum absolute atomic E-state index is 0.0898. The van der Waals surface area contributed by atoms with E-state index in [2.05, 4.69) is 5.32 Å². The Kier molecular flexibility index (Phi) is 2.73. The molecule has 1 amide bonds. The lowest BCUT2D eigenvalue weighted by molar-refractivity contribution is -0.122. The quantitative estimate of drug-likeness (QED) is 0.783.